The summed E-state index contributed by atoms with van der Waals surface area (Å²) >= 11 is 0. The van der Waals surface area contributed by atoms with E-state index in [-0.39, 0.29) is 0 Å². The third-order valence-corrected chi connectivity index (χ3v) is 4.56. The summed E-state index contributed by atoms with van der Waals surface area (Å²) in [5, 5.41) is 12.1. The molecule has 0 atom stereocenters. The molecule has 23 heavy (non-hydrogen) atoms. The van der Waals surface area contributed by atoms with Gasteiger partial charge in [-0.15, -0.1) is 5.10 Å². The molecule has 1 aromatic carbocycles. The summed E-state index contributed by atoms with van der Waals surface area (Å²) in [6.45, 7) is 4.90. The van der Waals surface area contributed by atoms with Gasteiger partial charge in [-0.2, -0.15) is 4.98 Å². The van der Waals surface area contributed by atoms with Gasteiger partial charge >= 0.3 is 0 Å². The van der Waals surface area contributed by atoms with E-state index in [1.165, 1.54) is 5.56 Å². The smallest absolute Gasteiger partial charge is 0.229 e. The van der Waals surface area contributed by atoms with Gasteiger partial charge in [-0.1, -0.05) is 16.4 Å². The van der Waals surface area contributed by atoms with Crippen LogP contribution in [-0.2, 0) is 13.6 Å². The maximum absolute atomic E-state index is 5.31. The highest BCUT2D eigenvalue weighted by molar-refractivity contribution is 5.74. The van der Waals surface area contributed by atoms with E-state index in [0.717, 1.165) is 55.2 Å². The van der Waals surface area contributed by atoms with Gasteiger partial charge in [0.2, 0.25) is 5.89 Å². The maximum Gasteiger partial charge on any atom is 0.229 e. The first-order valence-electron chi connectivity index (χ1n) is 8.00. The van der Waals surface area contributed by atoms with Crippen LogP contribution in [0.4, 0.5) is 0 Å². The molecule has 3 aromatic rings. The quantitative estimate of drug-likeness (QED) is 0.737. The molecule has 120 valence electrons. The summed E-state index contributed by atoms with van der Waals surface area (Å²) in [6, 6.07) is 6.40. The molecular weight excluding hydrogens is 292 g/mol. The lowest BCUT2D eigenvalue weighted by atomic mass is 9.96. The first-order chi connectivity index (χ1) is 11.2. The molecule has 0 saturated carbocycles. The van der Waals surface area contributed by atoms with Crippen LogP contribution in [0.25, 0.3) is 11.0 Å². The Morgan fingerprint density at radius 2 is 2.09 bits per heavy atom. The van der Waals surface area contributed by atoms with Gasteiger partial charge in [0.15, 0.2) is 5.82 Å². The van der Waals surface area contributed by atoms with E-state index in [0.29, 0.717) is 5.92 Å². The van der Waals surface area contributed by atoms with Crippen LogP contribution < -0.4 is 0 Å². The molecular formula is C16H20N6O. The molecule has 0 amide bonds. The molecule has 1 saturated heterocycles. The van der Waals surface area contributed by atoms with Crippen molar-refractivity contribution in [2.75, 3.05) is 13.1 Å². The van der Waals surface area contributed by atoms with E-state index in [1.54, 1.807) is 4.68 Å². The number of piperidine rings is 1. The molecule has 7 nitrogen and oxygen atoms in total. The number of hydrogen-bond acceptors (Lipinski definition) is 6. The van der Waals surface area contributed by atoms with E-state index >= 15 is 0 Å². The summed E-state index contributed by atoms with van der Waals surface area (Å²) in [4.78, 5) is 6.84. The van der Waals surface area contributed by atoms with Gasteiger partial charge in [0.1, 0.15) is 5.52 Å². The molecule has 2 aromatic heterocycles. The second-order valence-electron chi connectivity index (χ2n) is 6.27. The standard InChI is InChI=1S/C16H20N6O/c1-11-17-16(23-19-11)13-5-7-22(8-6-13)10-12-3-4-15-14(9-12)18-20-21(15)2/h3-4,9,13H,5-8,10H2,1-2H3. The van der Waals surface area contributed by atoms with Gasteiger partial charge < -0.3 is 4.52 Å². The zero-order chi connectivity index (χ0) is 15.8. The topological polar surface area (TPSA) is 72.9 Å². The highest BCUT2D eigenvalue weighted by Gasteiger charge is 2.24. The van der Waals surface area contributed by atoms with Gasteiger partial charge in [0.05, 0.1) is 5.52 Å². The fourth-order valence-electron chi connectivity index (χ4n) is 3.26. The van der Waals surface area contributed by atoms with Crippen LogP contribution in [0.15, 0.2) is 22.7 Å². The third kappa shape index (κ3) is 2.84. The number of likely N-dealkylation sites (tertiary alicyclic amines) is 1. The van der Waals surface area contributed by atoms with Gasteiger partial charge in [-0.25, -0.2) is 4.68 Å². The normalized spacial score (nSPS) is 17.1. The van der Waals surface area contributed by atoms with Gasteiger partial charge in [0, 0.05) is 19.5 Å². The van der Waals surface area contributed by atoms with Crippen molar-refractivity contribution >= 4 is 11.0 Å². The Bertz CT molecular complexity index is 815. The van der Waals surface area contributed by atoms with Gasteiger partial charge in [-0.05, 0) is 50.6 Å². The van der Waals surface area contributed by atoms with Crippen molar-refractivity contribution in [3.63, 3.8) is 0 Å². The summed E-state index contributed by atoms with van der Waals surface area (Å²) in [5.74, 6) is 1.91. The first kappa shape index (κ1) is 14.3. The van der Waals surface area contributed by atoms with E-state index in [1.807, 2.05) is 14.0 Å². The molecule has 1 aliphatic heterocycles. The molecule has 1 fully saturated rings. The Morgan fingerprint density at radius 1 is 1.26 bits per heavy atom. The number of benzene rings is 1. The predicted octanol–water partition coefficient (Wildman–Crippen LogP) is 2.04. The van der Waals surface area contributed by atoms with Crippen molar-refractivity contribution in [1.29, 1.82) is 0 Å². The number of nitrogens with zero attached hydrogens (tertiary/aromatic N) is 6. The fraction of sp³-hybridized carbons (Fsp3) is 0.500. The van der Waals surface area contributed by atoms with Crippen molar-refractivity contribution in [3.05, 3.63) is 35.5 Å². The molecule has 0 radical (unpaired) electrons. The molecule has 7 heteroatoms. The van der Waals surface area contributed by atoms with Crippen molar-refractivity contribution in [1.82, 2.24) is 30.0 Å². The predicted molar refractivity (Wildman–Crippen MR) is 84.8 cm³/mol. The lowest BCUT2D eigenvalue weighted by Gasteiger charge is -2.30. The zero-order valence-corrected chi connectivity index (χ0v) is 13.4. The number of aromatic nitrogens is 5. The summed E-state index contributed by atoms with van der Waals surface area (Å²) < 4.78 is 7.11. The number of aryl methyl sites for hydroxylation is 2. The fourth-order valence-corrected chi connectivity index (χ4v) is 3.26. The Morgan fingerprint density at radius 3 is 2.83 bits per heavy atom. The molecule has 0 bridgehead atoms. The lowest BCUT2D eigenvalue weighted by Crippen LogP contribution is -2.32. The molecule has 0 spiro atoms. The molecule has 1 aliphatic rings. The second-order valence-corrected chi connectivity index (χ2v) is 6.27. The minimum atomic E-state index is 0.398. The van der Waals surface area contributed by atoms with E-state index in [2.05, 4.69) is 43.6 Å². The van der Waals surface area contributed by atoms with Crippen molar-refractivity contribution in [3.8, 4) is 0 Å². The minimum absolute atomic E-state index is 0.398. The van der Waals surface area contributed by atoms with Crippen molar-refractivity contribution in [2.24, 2.45) is 7.05 Å². The average Bonchev–Trinajstić information content (AvgIpc) is 3.15. The Hall–Kier alpha value is -2.28. The van der Waals surface area contributed by atoms with Gasteiger partial charge in [-0.3, -0.25) is 4.90 Å². The van der Waals surface area contributed by atoms with Crippen molar-refractivity contribution < 1.29 is 4.52 Å². The van der Waals surface area contributed by atoms with E-state index < -0.39 is 0 Å². The molecule has 0 unspecified atom stereocenters. The SMILES string of the molecule is Cc1noc(C2CCN(Cc3ccc4c(c3)nnn4C)CC2)n1. The Kier molecular flexibility index (Phi) is 3.57. The van der Waals surface area contributed by atoms with Gasteiger partial charge in [0.25, 0.3) is 0 Å². The monoisotopic (exact) mass is 312 g/mol. The zero-order valence-electron chi connectivity index (χ0n) is 13.4. The van der Waals surface area contributed by atoms with Crippen molar-refractivity contribution in [2.45, 2.75) is 32.2 Å². The summed E-state index contributed by atoms with van der Waals surface area (Å²) in [6.07, 6.45) is 2.13. The van der Waals surface area contributed by atoms with Crippen LogP contribution in [0, 0.1) is 6.92 Å². The second kappa shape index (κ2) is 5.73. The molecule has 0 aliphatic carbocycles. The molecule has 4 rings (SSSR count). The maximum atomic E-state index is 5.31. The lowest BCUT2D eigenvalue weighted by molar-refractivity contribution is 0.187. The third-order valence-electron chi connectivity index (χ3n) is 4.56. The summed E-state index contributed by atoms with van der Waals surface area (Å²) in [7, 11) is 1.92. The molecule has 0 N–H and O–H groups in total. The van der Waals surface area contributed by atoms with E-state index in [9.17, 15) is 0 Å². The molecule has 3 heterocycles. The van der Waals surface area contributed by atoms with Crippen LogP contribution in [0.5, 0.6) is 0 Å². The van der Waals surface area contributed by atoms with Crippen LogP contribution in [0.1, 0.15) is 36.0 Å². The number of hydrogen-bond donors (Lipinski definition) is 0. The highest BCUT2D eigenvalue weighted by Crippen LogP contribution is 2.27. The Labute approximate surface area is 134 Å². The van der Waals surface area contributed by atoms with E-state index in [4.69, 9.17) is 4.52 Å². The minimum Gasteiger partial charge on any atom is -0.339 e. The summed E-state index contributed by atoms with van der Waals surface area (Å²) in [5.41, 5.74) is 3.31. The van der Waals surface area contributed by atoms with Crippen LogP contribution in [0.2, 0.25) is 0 Å². The highest BCUT2D eigenvalue weighted by atomic mass is 16.5. The number of fused-ring (bicyclic) bond motifs is 1. The Balaban J connectivity index is 1.40. The average molecular weight is 312 g/mol. The van der Waals surface area contributed by atoms with Crippen LogP contribution in [-0.4, -0.2) is 43.1 Å². The van der Waals surface area contributed by atoms with Crippen LogP contribution >= 0.6 is 0 Å². The first-order valence-corrected chi connectivity index (χ1v) is 8.00. The number of rotatable bonds is 3. The van der Waals surface area contributed by atoms with Crippen LogP contribution in [0.3, 0.4) is 0 Å². The largest absolute Gasteiger partial charge is 0.339 e.